The van der Waals surface area contributed by atoms with Crippen molar-refractivity contribution in [3.63, 3.8) is 0 Å². The van der Waals surface area contributed by atoms with Crippen LogP contribution in [0.5, 0.6) is 0 Å². The fourth-order valence-electron chi connectivity index (χ4n) is 4.52. The van der Waals surface area contributed by atoms with Crippen LogP contribution in [0, 0.1) is 11.8 Å². The van der Waals surface area contributed by atoms with Crippen LogP contribution in [0.25, 0.3) is 0 Å². The predicted molar refractivity (Wildman–Crippen MR) is 133 cm³/mol. The largest absolute Gasteiger partial charge is 0.381 e. The highest BCUT2D eigenvalue weighted by Crippen LogP contribution is 2.25. The summed E-state index contributed by atoms with van der Waals surface area (Å²) in [5, 5.41) is 0. The van der Waals surface area contributed by atoms with E-state index in [0.717, 1.165) is 38.5 Å². The topological polar surface area (TPSA) is 9.23 Å². The Morgan fingerprint density at radius 3 is 1.06 bits per heavy atom. The normalized spacial score (nSPS) is 13.8. The zero-order valence-corrected chi connectivity index (χ0v) is 21.8. The van der Waals surface area contributed by atoms with Crippen molar-refractivity contribution in [2.24, 2.45) is 11.8 Å². The van der Waals surface area contributed by atoms with Crippen molar-refractivity contribution in [1.82, 2.24) is 0 Å². The summed E-state index contributed by atoms with van der Waals surface area (Å²) in [6.07, 6.45) is 15.0. The molecule has 0 saturated carbocycles. The first-order chi connectivity index (χ1) is 16.0. The fourth-order valence-corrected chi connectivity index (χ4v) is 4.52. The first kappa shape index (κ1) is 32.7. The lowest BCUT2D eigenvalue weighted by atomic mass is 9.96. The zero-order valence-electron chi connectivity index (χ0n) is 21.8. The molecule has 0 aliphatic heterocycles. The maximum Gasteiger partial charge on any atom is 0.241 e. The second-order valence-electron chi connectivity index (χ2n) is 9.91. The molecule has 33 heavy (non-hydrogen) atoms. The van der Waals surface area contributed by atoms with Gasteiger partial charge in [0.05, 0.1) is 0 Å². The number of hydrogen-bond donors (Lipinski definition) is 0. The summed E-state index contributed by atoms with van der Waals surface area (Å²) in [5.74, 6) is -1.07. The average Bonchev–Trinajstić information content (AvgIpc) is 2.79. The lowest BCUT2D eigenvalue weighted by Gasteiger charge is -2.17. The third kappa shape index (κ3) is 21.9. The van der Waals surface area contributed by atoms with Gasteiger partial charge in [-0.05, 0) is 38.5 Å². The molecule has 0 rings (SSSR count). The van der Waals surface area contributed by atoms with Gasteiger partial charge in [0.25, 0.3) is 0 Å². The van der Waals surface area contributed by atoms with E-state index < -0.39 is 24.7 Å². The molecule has 0 bridgehead atoms. The van der Waals surface area contributed by atoms with Crippen molar-refractivity contribution in [2.75, 3.05) is 13.2 Å². The summed E-state index contributed by atoms with van der Waals surface area (Å²) in [6, 6.07) is 0. The molecule has 0 aromatic heterocycles. The molecule has 2 atom stereocenters. The molecule has 0 aliphatic rings. The lowest BCUT2D eigenvalue weighted by molar-refractivity contribution is 0.0480. The van der Waals surface area contributed by atoms with Crippen LogP contribution in [0.2, 0.25) is 0 Å². The third-order valence-electron chi connectivity index (χ3n) is 6.80. The Hall–Kier alpha value is -0.320. The first-order valence-electron chi connectivity index (χ1n) is 14.2. The number of alkyl halides is 4. The Kier molecular flexibility index (Phi) is 24.6. The smallest absolute Gasteiger partial charge is 0.241 e. The van der Waals surface area contributed by atoms with E-state index in [-0.39, 0.29) is 0 Å². The van der Waals surface area contributed by atoms with Crippen LogP contribution in [-0.2, 0) is 4.74 Å². The van der Waals surface area contributed by atoms with E-state index in [1.54, 1.807) is 0 Å². The summed E-state index contributed by atoms with van der Waals surface area (Å²) in [6.45, 7) is 5.29. The van der Waals surface area contributed by atoms with Gasteiger partial charge in [0.15, 0.2) is 0 Å². The van der Waals surface area contributed by atoms with Crippen LogP contribution in [0.4, 0.5) is 17.6 Å². The molecule has 0 aromatic carbocycles. The van der Waals surface area contributed by atoms with E-state index in [0.29, 0.717) is 51.7 Å². The minimum absolute atomic E-state index is 0.456. The fraction of sp³-hybridized carbons (Fsp3) is 1.00. The van der Waals surface area contributed by atoms with Crippen LogP contribution in [0.3, 0.4) is 0 Å². The predicted octanol–water partition coefficient (Wildman–Crippen LogP) is 10.6. The SMILES string of the molecule is CCCCCCCCCC(CCCOCCCC(CCCCCCCCC)C(F)F)C(F)F. The molecule has 0 amide bonds. The van der Waals surface area contributed by atoms with E-state index in [1.807, 2.05) is 0 Å². The minimum Gasteiger partial charge on any atom is -0.381 e. The number of halogens is 4. The van der Waals surface area contributed by atoms with Crippen molar-refractivity contribution in [2.45, 2.75) is 155 Å². The van der Waals surface area contributed by atoms with Gasteiger partial charge in [-0.1, -0.05) is 104 Å². The Balaban J connectivity index is 3.74. The molecule has 0 radical (unpaired) electrons. The van der Waals surface area contributed by atoms with Gasteiger partial charge in [-0.25, -0.2) is 17.6 Å². The van der Waals surface area contributed by atoms with Crippen LogP contribution in [-0.4, -0.2) is 26.1 Å². The highest BCUT2D eigenvalue weighted by molar-refractivity contribution is 4.64. The molecule has 2 unspecified atom stereocenters. The summed E-state index contributed by atoms with van der Waals surface area (Å²) in [7, 11) is 0. The quantitative estimate of drug-likeness (QED) is 0.0880. The van der Waals surface area contributed by atoms with Gasteiger partial charge in [0.1, 0.15) is 0 Å². The molecule has 0 aliphatic carbocycles. The molecule has 0 fully saturated rings. The average molecular weight is 483 g/mol. The Morgan fingerprint density at radius 1 is 0.424 bits per heavy atom. The molecule has 0 aromatic rings. The lowest BCUT2D eigenvalue weighted by Crippen LogP contribution is -2.14. The van der Waals surface area contributed by atoms with E-state index in [2.05, 4.69) is 13.8 Å². The first-order valence-corrected chi connectivity index (χ1v) is 14.2. The van der Waals surface area contributed by atoms with Crippen molar-refractivity contribution in [1.29, 1.82) is 0 Å². The van der Waals surface area contributed by atoms with Crippen molar-refractivity contribution < 1.29 is 22.3 Å². The molecule has 0 N–H and O–H groups in total. The van der Waals surface area contributed by atoms with Crippen LogP contribution in [0.15, 0.2) is 0 Å². The van der Waals surface area contributed by atoms with E-state index in [9.17, 15) is 17.6 Å². The van der Waals surface area contributed by atoms with Gasteiger partial charge in [0, 0.05) is 25.0 Å². The third-order valence-corrected chi connectivity index (χ3v) is 6.80. The standard InChI is InChI=1S/C28H54F4O/c1-3-5-7-9-11-13-15-19-25(27(29)30)21-17-23-33-24-18-22-26(28(31)32)20-16-14-12-10-8-6-4-2/h25-28H,3-24H2,1-2H3. The molecule has 1 nitrogen and oxygen atoms in total. The maximum absolute atomic E-state index is 13.3. The van der Waals surface area contributed by atoms with E-state index in [4.69, 9.17) is 4.74 Å². The Labute approximate surface area is 202 Å². The Morgan fingerprint density at radius 2 is 0.727 bits per heavy atom. The zero-order chi connectivity index (χ0) is 24.6. The number of rotatable bonds is 26. The summed E-state index contributed by atoms with van der Waals surface area (Å²) >= 11 is 0. The van der Waals surface area contributed by atoms with Crippen LogP contribution < -0.4 is 0 Å². The van der Waals surface area contributed by atoms with Crippen molar-refractivity contribution >= 4 is 0 Å². The minimum atomic E-state index is -2.26. The molecular weight excluding hydrogens is 428 g/mol. The van der Waals surface area contributed by atoms with E-state index in [1.165, 1.54) is 51.4 Å². The number of hydrogen-bond acceptors (Lipinski definition) is 1. The van der Waals surface area contributed by atoms with Crippen LogP contribution in [0.1, 0.15) is 142 Å². The van der Waals surface area contributed by atoms with Gasteiger partial charge >= 0.3 is 0 Å². The summed E-state index contributed by atoms with van der Waals surface area (Å²) < 4.78 is 58.6. The van der Waals surface area contributed by atoms with Gasteiger partial charge in [0.2, 0.25) is 12.9 Å². The Bertz CT molecular complexity index is 345. The summed E-state index contributed by atoms with van der Waals surface area (Å²) in [4.78, 5) is 0. The van der Waals surface area contributed by atoms with E-state index >= 15 is 0 Å². The second kappa shape index (κ2) is 24.8. The highest BCUT2D eigenvalue weighted by atomic mass is 19.3. The monoisotopic (exact) mass is 482 g/mol. The molecule has 0 heterocycles. The molecule has 200 valence electrons. The second-order valence-corrected chi connectivity index (χ2v) is 9.91. The molecule has 0 spiro atoms. The number of unbranched alkanes of at least 4 members (excludes halogenated alkanes) is 12. The van der Waals surface area contributed by atoms with Crippen LogP contribution >= 0.6 is 0 Å². The summed E-state index contributed by atoms with van der Waals surface area (Å²) in [5.41, 5.74) is 0. The van der Waals surface area contributed by atoms with Gasteiger partial charge in [-0.15, -0.1) is 0 Å². The van der Waals surface area contributed by atoms with Gasteiger partial charge in [-0.2, -0.15) is 0 Å². The van der Waals surface area contributed by atoms with Crippen molar-refractivity contribution in [3.05, 3.63) is 0 Å². The maximum atomic E-state index is 13.3. The number of ether oxygens (including phenoxy) is 1. The molecular formula is C28H54F4O. The molecule has 0 saturated heterocycles. The van der Waals surface area contributed by atoms with Gasteiger partial charge < -0.3 is 4.74 Å². The molecule has 5 heteroatoms. The van der Waals surface area contributed by atoms with Crippen molar-refractivity contribution in [3.8, 4) is 0 Å². The van der Waals surface area contributed by atoms with Gasteiger partial charge in [-0.3, -0.25) is 0 Å². The highest BCUT2D eigenvalue weighted by Gasteiger charge is 2.20.